The third-order valence-corrected chi connectivity index (χ3v) is 5.11. The number of carbonyl (C=O) groups is 1. The Hall–Kier alpha value is -1.18. The van der Waals surface area contributed by atoms with Crippen molar-refractivity contribution in [1.82, 2.24) is 10.2 Å². The van der Waals surface area contributed by atoms with Crippen LogP contribution in [0.1, 0.15) is 31.7 Å². The molecule has 118 valence electrons. The number of carbonyl (C=O) groups excluding carboxylic acids is 1. The van der Waals surface area contributed by atoms with Crippen LogP contribution in [0.25, 0.3) is 0 Å². The normalized spacial score (nSPS) is 10.7. The molecule has 0 aliphatic rings. The molecule has 0 saturated carbocycles. The van der Waals surface area contributed by atoms with Gasteiger partial charge in [0.2, 0.25) is 11.0 Å². The van der Waals surface area contributed by atoms with E-state index in [0.29, 0.717) is 27.2 Å². The summed E-state index contributed by atoms with van der Waals surface area (Å²) in [6, 6.07) is 4.91. The first-order valence-corrected chi connectivity index (χ1v) is 8.97. The van der Waals surface area contributed by atoms with Crippen LogP contribution in [-0.4, -0.2) is 16.1 Å². The minimum Gasteiger partial charge on any atom is -0.301 e. The first-order valence-electron chi connectivity index (χ1n) is 6.79. The molecule has 22 heavy (non-hydrogen) atoms. The van der Waals surface area contributed by atoms with Crippen molar-refractivity contribution in [3.63, 3.8) is 0 Å². The van der Waals surface area contributed by atoms with E-state index < -0.39 is 5.82 Å². The first-order chi connectivity index (χ1) is 10.6. The van der Waals surface area contributed by atoms with E-state index in [-0.39, 0.29) is 10.9 Å². The smallest absolute Gasteiger partial charge is 0.226 e. The standard InChI is InChI=1S/C14H15ClFN3OS2/c1-2-3-7-11(20)17-13-18-19-14(22-13)21-8-9-5-4-6-10(15)12(9)16/h4-6H,2-3,7-8H2,1H3,(H,17,18,20). The molecule has 0 saturated heterocycles. The second-order valence-corrected chi connectivity index (χ2v) is 7.13. The molecule has 0 spiro atoms. The van der Waals surface area contributed by atoms with Crippen molar-refractivity contribution in [3.8, 4) is 0 Å². The number of amides is 1. The van der Waals surface area contributed by atoms with E-state index in [2.05, 4.69) is 15.5 Å². The summed E-state index contributed by atoms with van der Waals surface area (Å²) in [7, 11) is 0. The van der Waals surface area contributed by atoms with Crippen LogP contribution < -0.4 is 5.32 Å². The number of rotatable bonds is 7. The highest BCUT2D eigenvalue weighted by Gasteiger charge is 2.11. The topological polar surface area (TPSA) is 54.9 Å². The van der Waals surface area contributed by atoms with Crippen molar-refractivity contribution in [2.75, 3.05) is 5.32 Å². The van der Waals surface area contributed by atoms with Gasteiger partial charge in [-0.15, -0.1) is 10.2 Å². The van der Waals surface area contributed by atoms with E-state index in [1.54, 1.807) is 12.1 Å². The number of benzene rings is 1. The summed E-state index contributed by atoms with van der Waals surface area (Å²) in [4.78, 5) is 11.6. The summed E-state index contributed by atoms with van der Waals surface area (Å²) in [6.45, 7) is 2.03. The van der Waals surface area contributed by atoms with Crippen LogP contribution in [-0.2, 0) is 10.5 Å². The van der Waals surface area contributed by atoms with Gasteiger partial charge in [0.05, 0.1) is 5.02 Å². The van der Waals surface area contributed by atoms with Crippen molar-refractivity contribution in [2.45, 2.75) is 36.3 Å². The molecule has 0 unspecified atom stereocenters. The molecule has 2 rings (SSSR count). The van der Waals surface area contributed by atoms with E-state index in [9.17, 15) is 9.18 Å². The molecular weight excluding hydrogens is 345 g/mol. The lowest BCUT2D eigenvalue weighted by Crippen LogP contribution is -2.10. The SMILES string of the molecule is CCCCC(=O)Nc1nnc(SCc2cccc(Cl)c2F)s1. The average molecular weight is 360 g/mol. The molecule has 2 aromatic rings. The van der Waals surface area contributed by atoms with Crippen LogP contribution in [0.4, 0.5) is 9.52 Å². The van der Waals surface area contributed by atoms with Crippen LogP contribution in [0.15, 0.2) is 22.5 Å². The third-order valence-electron chi connectivity index (χ3n) is 2.79. The molecule has 0 atom stereocenters. The van der Waals surface area contributed by atoms with Gasteiger partial charge in [0, 0.05) is 12.2 Å². The zero-order chi connectivity index (χ0) is 15.9. The number of hydrogen-bond acceptors (Lipinski definition) is 5. The molecule has 1 amide bonds. The molecular formula is C14H15ClFN3OS2. The highest BCUT2D eigenvalue weighted by atomic mass is 35.5. The largest absolute Gasteiger partial charge is 0.301 e. The summed E-state index contributed by atoms with van der Waals surface area (Å²) in [5, 5.41) is 11.2. The molecule has 0 fully saturated rings. The highest BCUT2D eigenvalue weighted by molar-refractivity contribution is 8.00. The predicted molar refractivity (Wildman–Crippen MR) is 89.0 cm³/mol. The van der Waals surface area contributed by atoms with Gasteiger partial charge in [-0.05, 0) is 18.1 Å². The zero-order valence-corrected chi connectivity index (χ0v) is 14.3. The Morgan fingerprint density at radius 2 is 2.27 bits per heavy atom. The number of aromatic nitrogens is 2. The Bertz CT molecular complexity index is 651. The van der Waals surface area contributed by atoms with Crippen LogP contribution in [0, 0.1) is 5.82 Å². The molecule has 4 nitrogen and oxygen atoms in total. The fraction of sp³-hybridized carbons (Fsp3) is 0.357. The lowest BCUT2D eigenvalue weighted by atomic mass is 10.2. The van der Waals surface area contributed by atoms with E-state index in [1.807, 2.05) is 6.92 Å². The van der Waals surface area contributed by atoms with Crippen molar-refractivity contribution in [1.29, 1.82) is 0 Å². The van der Waals surface area contributed by atoms with E-state index >= 15 is 0 Å². The Labute approximate surface area is 141 Å². The minimum absolute atomic E-state index is 0.0598. The van der Waals surface area contributed by atoms with Gasteiger partial charge >= 0.3 is 0 Å². The fourth-order valence-corrected chi connectivity index (χ4v) is 3.57. The van der Waals surface area contributed by atoms with Crippen LogP contribution in [0.3, 0.4) is 0 Å². The predicted octanol–water partition coefficient (Wildman–Crippen LogP) is 4.75. The second-order valence-electron chi connectivity index (χ2n) is 4.53. The first kappa shape index (κ1) is 17.2. The second kappa shape index (κ2) is 8.45. The maximum Gasteiger partial charge on any atom is 0.226 e. The van der Waals surface area contributed by atoms with Gasteiger partial charge in [0.25, 0.3) is 0 Å². The summed E-state index contributed by atoms with van der Waals surface area (Å²) in [5.74, 6) is -0.0603. The van der Waals surface area contributed by atoms with Crippen molar-refractivity contribution < 1.29 is 9.18 Å². The van der Waals surface area contributed by atoms with Gasteiger partial charge in [0.15, 0.2) is 4.34 Å². The van der Waals surface area contributed by atoms with E-state index in [1.165, 1.54) is 29.2 Å². The maximum atomic E-state index is 13.8. The molecule has 1 N–H and O–H groups in total. The molecule has 0 aliphatic carbocycles. The number of anilines is 1. The van der Waals surface area contributed by atoms with Gasteiger partial charge in [-0.25, -0.2) is 4.39 Å². The van der Waals surface area contributed by atoms with Gasteiger partial charge in [-0.1, -0.05) is 60.2 Å². The van der Waals surface area contributed by atoms with Gasteiger partial charge < -0.3 is 5.32 Å². The number of thioether (sulfide) groups is 1. The zero-order valence-electron chi connectivity index (χ0n) is 11.9. The molecule has 1 heterocycles. The number of halogens is 2. The Morgan fingerprint density at radius 3 is 3.05 bits per heavy atom. The van der Waals surface area contributed by atoms with Crippen molar-refractivity contribution >= 4 is 45.7 Å². The number of nitrogens with zero attached hydrogens (tertiary/aromatic N) is 2. The van der Waals surface area contributed by atoms with Gasteiger partial charge in [-0.3, -0.25) is 4.79 Å². The van der Waals surface area contributed by atoms with Crippen LogP contribution in [0.2, 0.25) is 5.02 Å². The average Bonchev–Trinajstić information content (AvgIpc) is 2.94. The van der Waals surface area contributed by atoms with Crippen LogP contribution >= 0.6 is 34.7 Å². The monoisotopic (exact) mass is 359 g/mol. The molecule has 1 aromatic carbocycles. The fourth-order valence-electron chi connectivity index (χ4n) is 1.64. The maximum absolute atomic E-state index is 13.8. The molecule has 0 radical (unpaired) electrons. The quantitative estimate of drug-likeness (QED) is 0.572. The third kappa shape index (κ3) is 4.93. The molecule has 8 heteroatoms. The molecule has 0 aliphatic heterocycles. The van der Waals surface area contributed by atoms with E-state index in [0.717, 1.165) is 12.8 Å². The summed E-state index contributed by atoms with van der Waals surface area (Å²) in [6.07, 6.45) is 2.29. The lowest BCUT2D eigenvalue weighted by Gasteiger charge is -2.02. The van der Waals surface area contributed by atoms with Crippen molar-refractivity contribution in [2.24, 2.45) is 0 Å². The lowest BCUT2D eigenvalue weighted by molar-refractivity contribution is -0.116. The number of nitrogens with one attached hydrogen (secondary N) is 1. The summed E-state index contributed by atoms with van der Waals surface area (Å²) >= 11 is 8.38. The number of unbranched alkanes of at least 4 members (excludes halogenated alkanes) is 1. The van der Waals surface area contributed by atoms with Gasteiger partial charge in [0.1, 0.15) is 5.82 Å². The Morgan fingerprint density at radius 1 is 1.45 bits per heavy atom. The van der Waals surface area contributed by atoms with E-state index in [4.69, 9.17) is 11.6 Å². The summed E-state index contributed by atoms with van der Waals surface area (Å²) < 4.78 is 14.4. The van der Waals surface area contributed by atoms with Crippen molar-refractivity contribution in [3.05, 3.63) is 34.6 Å². The highest BCUT2D eigenvalue weighted by Crippen LogP contribution is 2.30. The number of hydrogen-bond donors (Lipinski definition) is 1. The molecule has 0 bridgehead atoms. The Balaban J connectivity index is 1.89. The summed E-state index contributed by atoms with van der Waals surface area (Å²) in [5.41, 5.74) is 0.515. The minimum atomic E-state index is -0.408. The Kier molecular flexibility index (Phi) is 6.60. The van der Waals surface area contributed by atoms with Gasteiger partial charge in [-0.2, -0.15) is 0 Å². The molecule has 1 aromatic heterocycles. The van der Waals surface area contributed by atoms with Crippen LogP contribution in [0.5, 0.6) is 0 Å².